The van der Waals surface area contributed by atoms with Crippen LogP contribution in [0.2, 0.25) is 0 Å². The molecule has 3 aliphatic heterocycles. The molecule has 2 fully saturated rings. The number of nitrogens with zero attached hydrogens (tertiary/aromatic N) is 1. The van der Waals surface area contributed by atoms with Crippen molar-refractivity contribution in [3.05, 3.63) is 12.2 Å². The zero-order valence-corrected chi connectivity index (χ0v) is 9.12. The molecule has 0 radical (unpaired) electrons. The summed E-state index contributed by atoms with van der Waals surface area (Å²) >= 11 is 0. The van der Waals surface area contributed by atoms with Crippen molar-refractivity contribution < 1.29 is 19.2 Å². The first-order valence-electron chi connectivity index (χ1n) is 5.48. The first-order chi connectivity index (χ1) is 7.59. The number of hydroxylamine groups is 2. The molecule has 3 aliphatic rings. The standard InChI is InChI=1S/C11H13NO4/c1-5(2)16-12-10(13)8-6-3-4-7(15-6)9(8)11(12)14/h3-9H,1-2H3/t6-,7-,8-,9+/m0/s1. The average molecular weight is 223 g/mol. The van der Waals surface area contributed by atoms with Gasteiger partial charge in [0.15, 0.2) is 0 Å². The highest BCUT2D eigenvalue weighted by Gasteiger charge is 2.61. The highest BCUT2D eigenvalue weighted by molar-refractivity contribution is 6.05. The van der Waals surface area contributed by atoms with Crippen molar-refractivity contribution in [2.75, 3.05) is 0 Å². The number of carbonyl (C=O) groups is 2. The van der Waals surface area contributed by atoms with E-state index < -0.39 is 0 Å². The summed E-state index contributed by atoms with van der Waals surface area (Å²) in [5, 5.41) is 0.926. The van der Waals surface area contributed by atoms with Crippen LogP contribution in [0, 0.1) is 11.8 Å². The molecule has 2 saturated heterocycles. The minimum absolute atomic E-state index is 0.182. The molecule has 0 spiro atoms. The predicted octanol–water partition coefficient (Wildman–Crippen LogP) is 0.265. The van der Waals surface area contributed by atoms with E-state index in [9.17, 15) is 9.59 Å². The largest absolute Gasteiger partial charge is 0.365 e. The molecule has 0 unspecified atom stereocenters. The van der Waals surface area contributed by atoms with Gasteiger partial charge in [0.2, 0.25) is 0 Å². The van der Waals surface area contributed by atoms with Crippen molar-refractivity contribution in [2.45, 2.75) is 32.2 Å². The molecule has 0 saturated carbocycles. The van der Waals surface area contributed by atoms with Crippen LogP contribution in [0.25, 0.3) is 0 Å². The summed E-state index contributed by atoms with van der Waals surface area (Å²) in [6, 6.07) is 0. The number of carbonyl (C=O) groups excluding carboxylic acids is 2. The van der Waals surface area contributed by atoms with Crippen molar-refractivity contribution in [3.63, 3.8) is 0 Å². The van der Waals surface area contributed by atoms with Gasteiger partial charge in [-0.3, -0.25) is 14.4 Å². The van der Waals surface area contributed by atoms with Crippen LogP contribution in [-0.2, 0) is 19.2 Å². The molecule has 0 N–H and O–H groups in total. The van der Waals surface area contributed by atoms with Crippen LogP contribution in [0.4, 0.5) is 0 Å². The maximum Gasteiger partial charge on any atom is 0.260 e. The van der Waals surface area contributed by atoms with Gasteiger partial charge in [0, 0.05) is 0 Å². The Morgan fingerprint density at radius 2 is 1.69 bits per heavy atom. The smallest absolute Gasteiger partial charge is 0.260 e. The SMILES string of the molecule is CC(C)ON1C(=O)[C@@H]2[C@H](C1=O)[C@@H]1C=C[C@@H]2O1. The first-order valence-corrected chi connectivity index (χ1v) is 5.48. The third-order valence-corrected chi connectivity index (χ3v) is 3.19. The highest BCUT2D eigenvalue weighted by Crippen LogP contribution is 2.45. The highest BCUT2D eigenvalue weighted by atomic mass is 16.7. The van der Waals surface area contributed by atoms with E-state index in [2.05, 4.69) is 0 Å². The maximum absolute atomic E-state index is 12.0. The third kappa shape index (κ3) is 1.13. The maximum atomic E-state index is 12.0. The van der Waals surface area contributed by atoms with E-state index in [0.29, 0.717) is 0 Å². The monoisotopic (exact) mass is 223 g/mol. The van der Waals surface area contributed by atoms with Gasteiger partial charge in [-0.25, -0.2) is 0 Å². The molecular formula is C11H13NO4. The number of rotatable bonds is 2. The van der Waals surface area contributed by atoms with Gasteiger partial charge in [-0.05, 0) is 13.8 Å². The summed E-state index contributed by atoms with van der Waals surface area (Å²) in [5.74, 6) is -1.27. The van der Waals surface area contributed by atoms with Gasteiger partial charge < -0.3 is 4.74 Å². The van der Waals surface area contributed by atoms with E-state index >= 15 is 0 Å². The minimum atomic E-state index is -0.374. The molecule has 4 atom stereocenters. The van der Waals surface area contributed by atoms with Gasteiger partial charge in [-0.15, -0.1) is 0 Å². The summed E-state index contributed by atoms with van der Waals surface area (Å²) in [4.78, 5) is 29.2. The van der Waals surface area contributed by atoms with Crippen molar-refractivity contribution in [1.82, 2.24) is 5.06 Å². The number of fused-ring (bicyclic) bond motifs is 5. The Kier molecular flexibility index (Phi) is 1.96. The summed E-state index contributed by atoms with van der Waals surface area (Å²) in [5.41, 5.74) is 0. The number of hydrogen-bond donors (Lipinski definition) is 0. The summed E-state index contributed by atoms with van der Waals surface area (Å²) in [6.07, 6.45) is 3.05. The lowest BCUT2D eigenvalue weighted by Gasteiger charge is -2.18. The molecule has 86 valence electrons. The molecule has 3 rings (SSSR count). The van der Waals surface area contributed by atoms with Crippen LogP contribution in [0.5, 0.6) is 0 Å². The molecule has 0 aromatic rings. The van der Waals surface area contributed by atoms with Crippen LogP contribution >= 0.6 is 0 Å². The normalized spacial score (nSPS) is 40.3. The quantitative estimate of drug-likeness (QED) is 0.498. The molecule has 3 heterocycles. The van der Waals surface area contributed by atoms with Crippen LogP contribution in [0.1, 0.15) is 13.8 Å². The third-order valence-electron chi connectivity index (χ3n) is 3.19. The zero-order chi connectivity index (χ0) is 11.4. The lowest BCUT2D eigenvalue weighted by Crippen LogP contribution is -2.36. The Balaban J connectivity index is 1.89. The minimum Gasteiger partial charge on any atom is -0.365 e. The second-order valence-corrected chi connectivity index (χ2v) is 4.63. The topological polar surface area (TPSA) is 55.8 Å². The lowest BCUT2D eigenvalue weighted by atomic mass is 9.85. The van der Waals surface area contributed by atoms with Crippen molar-refractivity contribution in [1.29, 1.82) is 0 Å². The Bertz CT molecular complexity index is 359. The molecule has 16 heavy (non-hydrogen) atoms. The fourth-order valence-corrected chi connectivity index (χ4v) is 2.59. The fourth-order valence-electron chi connectivity index (χ4n) is 2.59. The summed E-state index contributed by atoms with van der Waals surface area (Å²) < 4.78 is 5.50. The Morgan fingerprint density at radius 1 is 1.19 bits per heavy atom. The summed E-state index contributed by atoms with van der Waals surface area (Å²) in [7, 11) is 0. The number of ether oxygens (including phenoxy) is 1. The zero-order valence-electron chi connectivity index (χ0n) is 9.12. The van der Waals surface area contributed by atoms with E-state index in [1.165, 1.54) is 0 Å². The van der Waals surface area contributed by atoms with Crippen LogP contribution in [-0.4, -0.2) is 35.2 Å². The Morgan fingerprint density at radius 3 is 2.12 bits per heavy atom. The average Bonchev–Trinajstić information content (AvgIpc) is 2.87. The second-order valence-electron chi connectivity index (χ2n) is 4.63. The Hall–Kier alpha value is -1.20. The molecular weight excluding hydrogens is 210 g/mol. The van der Waals surface area contributed by atoms with Crippen molar-refractivity contribution in [2.24, 2.45) is 11.8 Å². The fraction of sp³-hybridized carbons (Fsp3) is 0.636. The first kappa shape index (κ1) is 9.99. The van der Waals surface area contributed by atoms with E-state index in [4.69, 9.17) is 9.57 Å². The molecule has 0 aromatic carbocycles. The van der Waals surface area contributed by atoms with Crippen LogP contribution < -0.4 is 0 Å². The predicted molar refractivity (Wildman–Crippen MR) is 52.9 cm³/mol. The van der Waals surface area contributed by atoms with E-state index in [-0.39, 0.29) is 42.0 Å². The van der Waals surface area contributed by atoms with Gasteiger partial charge >= 0.3 is 0 Å². The van der Waals surface area contributed by atoms with Crippen molar-refractivity contribution in [3.8, 4) is 0 Å². The van der Waals surface area contributed by atoms with Gasteiger partial charge in [-0.1, -0.05) is 12.2 Å². The van der Waals surface area contributed by atoms with Gasteiger partial charge in [0.1, 0.15) is 0 Å². The summed E-state index contributed by atoms with van der Waals surface area (Å²) in [6.45, 7) is 3.58. The lowest BCUT2D eigenvalue weighted by molar-refractivity contribution is -0.202. The van der Waals surface area contributed by atoms with E-state index in [0.717, 1.165) is 5.06 Å². The van der Waals surface area contributed by atoms with Crippen LogP contribution in [0.15, 0.2) is 12.2 Å². The molecule has 0 aliphatic carbocycles. The van der Waals surface area contributed by atoms with Gasteiger partial charge in [0.05, 0.1) is 30.1 Å². The van der Waals surface area contributed by atoms with Gasteiger partial charge in [0.25, 0.3) is 11.8 Å². The van der Waals surface area contributed by atoms with E-state index in [1.54, 1.807) is 13.8 Å². The molecule has 5 nitrogen and oxygen atoms in total. The number of hydrogen-bond acceptors (Lipinski definition) is 4. The molecule has 2 amide bonds. The van der Waals surface area contributed by atoms with Crippen molar-refractivity contribution >= 4 is 11.8 Å². The molecule has 5 heteroatoms. The number of amides is 2. The Labute approximate surface area is 92.9 Å². The van der Waals surface area contributed by atoms with E-state index in [1.807, 2.05) is 12.2 Å². The number of imide groups is 1. The molecule has 0 aromatic heterocycles. The molecule has 2 bridgehead atoms. The second kappa shape index (κ2) is 3.15. The van der Waals surface area contributed by atoms with Gasteiger partial charge in [-0.2, -0.15) is 5.06 Å². The van der Waals surface area contributed by atoms with Crippen LogP contribution in [0.3, 0.4) is 0 Å².